The Morgan fingerprint density at radius 2 is 2.09 bits per heavy atom. The molecule has 0 saturated carbocycles. The first-order valence-corrected chi connectivity index (χ1v) is 3.60. The van der Waals surface area contributed by atoms with Crippen LogP contribution in [-0.4, -0.2) is 29.5 Å². The number of rotatable bonds is 4. The minimum absolute atomic E-state index is 0.387. The Labute approximate surface area is 66.2 Å². The zero-order valence-corrected chi connectivity index (χ0v) is 6.60. The van der Waals surface area contributed by atoms with Crippen LogP contribution < -0.4 is 0 Å². The maximum absolute atomic E-state index is 9.28. The molecule has 0 fully saturated rings. The topological polar surface area (TPSA) is 34.4 Å². The van der Waals surface area contributed by atoms with E-state index < -0.39 is 6.10 Å². The minimum Gasteiger partial charge on any atom is -0.389 e. The molecular weight excluding hydrogens is 142 g/mol. The summed E-state index contributed by atoms with van der Waals surface area (Å²) in [6, 6.07) is 3.86. The molecule has 11 heavy (non-hydrogen) atoms. The van der Waals surface area contributed by atoms with Crippen molar-refractivity contribution < 1.29 is 9.84 Å². The maximum atomic E-state index is 9.28. The van der Waals surface area contributed by atoms with Gasteiger partial charge >= 0.3 is 0 Å². The average molecular weight is 155 g/mol. The van der Waals surface area contributed by atoms with Crippen LogP contribution >= 0.6 is 0 Å². The molecule has 1 heterocycles. The van der Waals surface area contributed by atoms with Gasteiger partial charge in [-0.25, -0.2) is 0 Å². The van der Waals surface area contributed by atoms with Crippen LogP contribution in [0.5, 0.6) is 0 Å². The lowest BCUT2D eigenvalue weighted by atomic mass is 10.4. The molecule has 1 unspecified atom stereocenters. The summed E-state index contributed by atoms with van der Waals surface area (Å²) in [4.78, 5) is 0. The normalized spacial score (nSPS) is 13.3. The molecule has 3 heteroatoms. The van der Waals surface area contributed by atoms with Gasteiger partial charge in [0.2, 0.25) is 0 Å². The fourth-order valence-corrected chi connectivity index (χ4v) is 0.980. The predicted octanol–water partition coefficient (Wildman–Crippen LogP) is 0.495. The van der Waals surface area contributed by atoms with Crippen LogP contribution in [0.4, 0.5) is 0 Å². The standard InChI is InChI=1S/C8H13NO2/c1-11-7-8(10)6-9-4-2-3-5-9/h2-5,8,10H,6-7H2,1H3. The van der Waals surface area contributed by atoms with E-state index in [2.05, 4.69) is 0 Å². The molecule has 0 amide bonds. The van der Waals surface area contributed by atoms with Gasteiger partial charge in [-0.2, -0.15) is 0 Å². The van der Waals surface area contributed by atoms with Gasteiger partial charge in [0, 0.05) is 19.5 Å². The molecule has 3 nitrogen and oxygen atoms in total. The number of aliphatic hydroxyl groups excluding tert-OH is 1. The van der Waals surface area contributed by atoms with Gasteiger partial charge in [-0.05, 0) is 12.1 Å². The number of hydrogen-bond donors (Lipinski definition) is 1. The summed E-state index contributed by atoms with van der Waals surface area (Å²) >= 11 is 0. The van der Waals surface area contributed by atoms with E-state index in [1.54, 1.807) is 7.11 Å². The highest BCUT2D eigenvalue weighted by molar-refractivity contribution is 4.90. The van der Waals surface area contributed by atoms with Crippen molar-refractivity contribution in [3.63, 3.8) is 0 Å². The molecule has 0 aliphatic carbocycles. The summed E-state index contributed by atoms with van der Waals surface area (Å²) in [5.74, 6) is 0. The summed E-state index contributed by atoms with van der Waals surface area (Å²) in [5.41, 5.74) is 0. The summed E-state index contributed by atoms with van der Waals surface area (Å²) in [6.45, 7) is 0.985. The first kappa shape index (κ1) is 8.30. The van der Waals surface area contributed by atoms with Crippen molar-refractivity contribution in [2.24, 2.45) is 0 Å². The van der Waals surface area contributed by atoms with Crippen LogP contribution in [0.25, 0.3) is 0 Å². The Bertz CT molecular complexity index is 184. The van der Waals surface area contributed by atoms with Crippen molar-refractivity contribution in [3.8, 4) is 0 Å². The number of hydrogen-bond acceptors (Lipinski definition) is 2. The van der Waals surface area contributed by atoms with Crippen molar-refractivity contribution in [2.75, 3.05) is 13.7 Å². The minimum atomic E-state index is -0.410. The zero-order chi connectivity index (χ0) is 8.10. The van der Waals surface area contributed by atoms with Gasteiger partial charge in [0.25, 0.3) is 0 Å². The quantitative estimate of drug-likeness (QED) is 0.687. The van der Waals surface area contributed by atoms with Crippen LogP contribution in [0, 0.1) is 0 Å². The van der Waals surface area contributed by atoms with E-state index >= 15 is 0 Å². The Hall–Kier alpha value is -0.800. The van der Waals surface area contributed by atoms with Crippen LogP contribution in [0.2, 0.25) is 0 Å². The molecule has 0 spiro atoms. The highest BCUT2D eigenvalue weighted by atomic mass is 16.5. The number of aromatic nitrogens is 1. The van der Waals surface area contributed by atoms with E-state index in [9.17, 15) is 5.11 Å². The molecular formula is C8H13NO2. The molecule has 0 saturated heterocycles. The van der Waals surface area contributed by atoms with Gasteiger partial charge in [-0.3, -0.25) is 0 Å². The molecule has 0 radical (unpaired) electrons. The Morgan fingerprint density at radius 1 is 1.45 bits per heavy atom. The van der Waals surface area contributed by atoms with E-state index in [1.165, 1.54) is 0 Å². The number of nitrogens with zero attached hydrogens (tertiary/aromatic N) is 1. The SMILES string of the molecule is COCC(O)Cn1cccc1. The molecule has 0 aromatic carbocycles. The van der Waals surface area contributed by atoms with Crippen molar-refractivity contribution in [2.45, 2.75) is 12.6 Å². The van der Waals surface area contributed by atoms with Gasteiger partial charge in [-0.15, -0.1) is 0 Å². The molecule has 1 aromatic rings. The Morgan fingerprint density at radius 3 is 2.64 bits per heavy atom. The second kappa shape index (κ2) is 4.16. The fourth-order valence-electron chi connectivity index (χ4n) is 0.980. The van der Waals surface area contributed by atoms with Crippen LogP contribution in [0.15, 0.2) is 24.5 Å². The van der Waals surface area contributed by atoms with Crippen molar-refractivity contribution >= 4 is 0 Å². The molecule has 1 rings (SSSR count). The summed E-state index contributed by atoms with van der Waals surface area (Å²) in [5, 5.41) is 9.28. The third kappa shape index (κ3) is 2.74. The summed E-state index contributed by atoms with van der Waals surface area (Å²) < 4.78 is 6.71. The smallest absolute Gasteiger partial charge is 0.0951 e. The second-order valence-electron chi connectivity index (χ2n) is 2.49. The fraction of sp³-hybridized carbons (Fsp3) is 0.500. The van der Waals surface area contributed by atoms with Crippen molar-refractivity contribution in [1.82, 2.24) is 4.57 Å². The van der Waals surface area contributed by atoms with Crippen LogP contribution in [0.3, 0.4) is 0 Å². The molecule has 1 aromatic heterocycles. The first-order chi connectivity index (χ1) is 5.33. The van der Waals surface area contributed by atoms with E-state index in [0.717, 1.165) is 0 Å². The molecule has 1 N–H and O–H groups in total. The zero-order valence-electron chi connectivity index (χ0n) is 6.60. The largest absolute Gasteiger partial charge is 0.389 e. The predicted molar refractivity (Wildman–Crippen MR) is 42.3 cm³/mol. The number of aliphatic hydroxyl groups is 1. The van der Waals surface area contributed by atoms with Gasteiger partial charge in [0.05, 0.1) is 19.3 Å². The summed E-state index contributed by atoms with van der Waals surface area (Å²) in [6.07, 6.45) is 3.42. The molecule has 62 valence electrons. The van der Waals surface area contributed by atoms with Gasteiger partial charge < -0.3 is 14.4 Å². The lowest BCUT2D eigenvalue weighted by Crippen LogP contribution is -2.20. The monoisotopic (exact) mass is 155 g/mol. The van der Waals surface area contributed by atoms with Gasteiger partial charge in [0.1, 0.15) is 0 Å². The average Bonchev–Trinajstić information content (AvgIpc) is 2.40. The van der Waals surface area contributed by atoms with Crippen LogP contribution in [0.1, 0.15) is 0 Å². The van der Waals surface area contributed by atoms with Gasteiger partial charge in [0.15, 0.2) is 0 Å². The summed E-state index contributed by atoms with van der Waals surface area (Å²) in [7, 11) is 1.58. The van der Waals surface area contributed by atoms with E-state index in [-0.39, 0.29) is 0 Å². The Balaban J connectivity index is 2.31. The molecule has 0 aliphatic rings. The first-order valence-electron chi connectivity index (χ1n) is 3.60. The van der Waals surface area contributed by atoms with Crippen LogP contribution in [-0.2, 0) is 11.3 Å². The molecule has 0 aliphatic heterocycles. The van der Waals surface area contributed by atoms with Gasteiger partial charge in [-0.1, -0.05) is 0 Å². The molecule has 1 atom stereocenters. The molecule has 0 bridgehead atoms. The highest BCUT2D eigenvalue weighted by Crippen LogP contribution is 1.94. The Kier molecular flexibility index (Phi) is 3.14. The number of methoxy groups -OCH3 is 1. The van der Waals surface area contributed by atoms with E-state index in [1.807, 2.05) is 29.1 Å². The van der Waals surface area contributed by atoms with E-state index in [4.69, 9.17) is 4.74 Å². The maximum Gasteiger partial charge on any atom is 0.0951 e. The third-order valence-electron chi connectivity index (χ3n) is 1.45. The van der Waals surface area contributed by atoms with Crippen molar-refractivity contribution in [3.05, 3.63) is 24.5 Å². The van der Waals surface area contributed by atoms with E-state index in [0.29, 0.717) is 13.2 Å². The highest BCUT2D eigenvalue weighted by Gasteiger charge is 2.02. The van der Waals surface area contributed by atoms with Crippen molar-refractivity contribution in [1.29, 1.82) is 0 Å². The second-order valence-corrected chi connectivity index (χ2v) is 2.49. The lowest BCUT2D eigenvalue weighted by Gasteiger charge is -2.09. The lowest BCUT2D eigenvalue weighted by molar-refractivity contribution is 0.0537. The number of ether oxygens (including phenoxy) is 1. The third-order valence-corrected chi connectivity index (χ3v) is 1.45.